The Hall–Kier alpha value is -2.23. The standard InChI is InChI=1S/C15H15FN2O/c1-2-10-6-7-11(18-9-10)8-14(19)12-4-3-5-13(16)15(12)17/h3-7,9H,2,8,17H2,1H3. The van der Waals surface area contributed by atoms with Gasteiger partial charge in [0.25, 0.3) is 0 Å². The van der Waals surface area contributed by atoms with Gasteiger partial charge in [-0.05, 0) is 30.2 Å². The van der Waals surface area contributed by atoms with Gasteiger partial charge in [-0.15, -0.1) is 0 Å². The molecule has 1 aromatic heterocycles. The van der Waals surface area contributed by atoms with Crippen molar-refractivity contribution in [3.8, 4) is 0 Å². The van der Waals surface area contributed by atoms with Gasteiger partial charge in [0.2, 0.25) is 0 Å². The van der Waals surface area contributed by atoms with E-state index in [2.05, 4.69) is 4.98 Å². The van der Waals surface area contributed by atoms with E-state index in [0.29, 0.717) is 5.69 Å². The molecule has 0 unspecified atom stereocenters. The van der Waals surface area contributed by atoms with Gasteiger partial charge in [0.05, 0.1) is 12.1 Å². The van der Waals surface area contributed by atoms with E-state index in [1.807, 2.05) is 19.1 Å². The molecule has 4 heteroatoms. The van der Waals surface area contributed by atoms with Gasteiger partial charge in [-0.25, -0.2) is 4.39 Å². The number of rotatable bonds is 4. The highest BCUT2D eigenvalue weighted by molar-refractivity contribution is 6.01. The Morgan fingerprint density at radius 1 is 1.32 bits per heavy atom. The van der Waals surface area contributed by atoms with Crippen molar-refractivity contribution in [2.75, 3.05) is 5.73 Å². The van der Waals surface area contributed by atoms with E-state index in [0.717, 1.165) is 12.0 Å². The van der Waals surface area contributed by atoms with Crippen LogP contribution in [-0.2, 0) is 12.8 Å². The summed E-state index contributed by atoms with van der Waals surface area (Å²) in [7, 11) is 0. The van der Waals surface area contributed by atoms with E-state index in [1.54, 1.807) is 6.20 Å². The van der Waals surface area contributed by atoms with Crippen LogP contribution in [-0.4, -0.2) is 10.8 Å². The maximum Gasteiger partial charge on any atom is 0.170 e. The monoisotopic (exact) mass is 258 g/mol. The number of ketones is 1. The number of para-hydroxylation sites is 1. The van der Waals surface area contributed by atoms with Crippen LogP contribution in [0.2, 0.25) is 0 Å². The number of hydrogen-bond acceptors (Lipinski definition) is 3. The Labute approximate surface area is 111 Å². The Morgan fingerprint density at radius 2 is 2.11 bits per heavy atom. The molecule has 98 valence electrons. The lowest BCUT2D eigenvalue weighted by Gasteiger charge is -2.05. The molecule has 0 fully saturated rings. The van der Waals surface area contributed by atoms with Gasteiger partial charge < -0.3 is 5.73 Å². The van der Waals surface area contributed by atoms with Gasteiger partial charge in [-0.3, -0.25) is 9.78 Å². The van der Waals surface area contributed by atoms with Crippen LogP contribution in [0.3, 0.4) is 0 Å². The van der Waals surface area contributed by atoms with Crippen LogP contribution in [0.4, 0.5) is 10.1 Å². The lowest BCUT2D eigenvalue weighted by Crippen LogP contribution is -2.09. The van der Waals surface area contributed by atoms with Crippen LogP contribution in [0, 0.1) is 5.82 Å². The van der Waals surface area contributed by atoms with Crippen LogP contribution in [0.15, 0.2) is 36.5 Å². The number of anilines is 1. The topological polar surface area (TPSA) is 56.0 Å². The Morgan fingerprint density at radius 3 is 2.74 bits per heavy atom. The van der Waals surface area contributed by atoms with Crippen LogP contribution < -0.4 is 5.73 Å². The van der Waals surface area contributed by atoms with Crippen molar-refractivity contribution in [3.05, 3.63) is 59.2 Å². The number of nitrogen functional groups attached to an aromatic ring is 1. The molecule has 1 aromatic carbocycles. The minimum atomic E-state index is -0.569. The van der Waals surface area contributed by atoms with E-state index < -0.39 is 5.82 Å². The molecule has 0 spiro atoms. The highest BCUT2D eigenvalue weighted by Crippen LogP contribution is 2.17. The molecule has 3 nitrogen and oxygen atoms in total. The number of aryl methyl sites for hydroxylation is 1. The average Bonchev–Trinajstić information content (AvgIpc) is 2.42. The van der Waals surface area contributed by atoms with Crippen LogP contribution in [0.25, 0.3) is 0 Å². The molecule has 19 heavy (non-hydrogen) atoms. The molecule has 2 N–H and O–H groups in total. The molecular formula is C15H15FN2O. The van der Waals surface area contributed by atoms with Crippen LogP contribution >= 0.6 is 0 Å². The van der Waals surface area contributed by atoms with E-state index in [-0.39, 0.29) is 23.5 Å². The first-order chi connectivity index (χ1) is 9.11. The summed E-state index contributed by atoms with van der Waals surface area (Å²) in [6, 6.07) is 7.99. The maximum atomic E-state index is 13.3. The largest absolute Gasteiger partial charge is 0.396 e. The summed E-state index contributed by atoms with van der Waals surface area (Å²) in [5, 5.41) is 0. The summed E-state index contributed by atoms with van der Waals surface area (Å²) in [4.78, 5) is 16.3. The van der Waals surface area contributed by atoms with Gasteiger partial charge >= 0.3 is 0 Å². The molecule has 1 heterocycles. The SMILES string of the molecule is CCc1ccc(CC(=O)c2cccc(F)c2N)nc1. The molecule has 0 radical (unpaired) electrons. The van der Waals surface area contributed by atoms with Gasteiger partial charge in [-0.1, -0.05) is 19.1 Å². The number of hydrogen-bond donors (Lipinski definition) is 1. The number of aromatic nitrogens is 1. The smallest absolute Gasteiger partial charge is 0.170 e. The molecule has 0 aliphatic carbocycles. The second-order valence-corrected chi connectivity index (χ2v) is 4.31. The maximum absolute atomic E-state index is 13.3. The molecule has 2 rings (SSSR count). The lowest BCUT2D eigenvalue weighted by atomic mass is 10.0. The highest BCUT2D eigenvalue weighted by atomic mass is 19.1. The van der Waals surface area contributed by atoms with E-state index in [9.17, 15) is 9.18 Å². The summed E-state index contributed by atoms with van der Waals surface area (Å²) in [6.07, 6.45) is 2.77. The summed E-state index contributed by atoms with van der Waals surface area (Å²) in [5.74, 6) is -0.797. The van der Waals surface area contributed by atoms with Crippen LogP contribution in [0.1, 0.15) is 28.5 Å². The van der Waals surface area contributed by atoms with Gasteiger partial charge in [0.15, 0.2) is 5.78 Å². The number of carbonyl (C=O) groups is 1. The predicted octanol–water partition coefficient (Wildman–Crippen LogP) is 2.79. The predicted molar refractivity (Wildman–Crippen MR) is 72.5 cm³/mol. The van der Waals surface area contributed by atoms with Crippen molar-refractivity contribution in [2.24, 2.45) is 0 Å². The van der Waals surface area contributed by atoms with Crippen molar-refractivity contribution in [1.82, 2.24) is 4.98 Å². The Bertz CT molecular complexity index is 594. The summed E-state index contributed by atoms with van der Waals surface area (Å²) < 4.78 is 13.3. The fourth-order valence-electron chi connectivity index (χ4n) is 1.81. The van der Waals surface area contributed by atoms with Gasteiger partial charge in [-0.2, -0.15) is 0 Å². The molecular weight excluding hydrogens is 243 g/mol. The third-order valence-electron chi connectivity index (χ3n) is 2.99. The number of halogens is 1. The fraction of sp³-hybridized carbons (Fsp3) is 0.200. The normalized spacial score (nSPS) is 10.4. The van der Waals surface area contributed by atoms with Crippen molar-refractivity contribution in [1.29, 1.82) is 0 Å². The van der Waals surface area contributed by atoms with Gasteiger partial charge in [0, 0.05) is 17.5 Å². The molecule has 0 saturated heterocycles. The lowest BCUT2D eigenvalue weighted by molar-refractivity contribution is 0.0992. The number of pyridine rings is 1. The first kappa shape index (κ1) is 13.2. The van der Waals surface area contributed by atoms with Gasteiger partial charge in [0.1, 0.15) is 5.82 Å². The Kier molecular flexibility index (Phi) is 3.90. The number of nitrogens with two attached hydrogens (primary N) is 1. The average molecular weight is 258 g/mol. The first-order valence-electron chi connectivity index (χ1n) is 6.12. The number of nitrogens with zero attached hydrogens (tertiary/aromatic N) is 1. The van der Waals surface area contributed by atoms with Crippen molar-refractivity contribution in [2.45, 2.75) is 19.8 Å². The fourth-order valence-corrected chi connectivity index (χ4v) is 1.81. The zero-order valence-electron chi connectivity index (χ0n) is 10.7. The van der Waals surface area contributed by atoms with E-state index in [4.69, 9.17) is 5.73 Å². The van der Waals surface area contributed by atoms with Crippen molar-refractivity contribution < 1.29 is 9.18 Å². The highest BCUT2D eigenvalue weighted by Gasteiger charge is 2.13. The second-order valence-electron chi connectivity index (χ2n) is 4.31. The molecule has 0 amide bonds. The zero-order chi connectivity index (χ0) is 13.8. The zero-order valence-corrected chi connectivity index (χ0v) is 10.7. The number of benzene rings is 1. The molecule has 0 saturated carbocycles. The molecule has 2 aromatic rings. The third kappa shape index (κ3) is 2.96. The quantitative estimate of drug-likeness (QED) is 0.677. The van der Waals surface area contributed by atoms with Crippen molar-refractivity contribution >= 4 is 11.5 Å². The Balaban J connectivity index is 2.18. The van der Waals surface area contributed by atoms with Crippen LogP contribution in [0.5, 0.6) is 0 Å². The molecule has 0 atom stereocenters. The second kappa shape index (κ2) is 5.61. The minimum absolute atomic E-state index is 0.0994. The third-order valence-corrected chi connectivity index (χ3v) is 2.99. The van der Waals surface area contributed by atoms with E-state index >= 15 is 0 Å². The summed E-state index contributed by atoms with van der Waals surface area (Å²) >= 11 is 0. The summed E-state index contributed by atoms with van der Waals surface area (Å²) in [5.41, 5.74) is 7.45. The summed E-state index contributed by atoms with van der Waals surface area (Å²) in [6.45, 7) is 2.04. The first-order valence-corrected chi connectivity index (χ1v) is 6.12. The minimum Gasteiger partial charge on any atom is -0.396 e. The number of Topliss-reactive ketones (excluding diaryl/α,β-unsaturated/α-hetero) is 1. The van der Waals surface area contributed by atoms with Crippen molar-refractivity contribution in [3.63, 3.8) is 0 Å². The molecule has 0 aliphatic rings. The molecule has 0 bridgehead atoms. The number of carbonyl (C=O) groups excluding carboxylic acids is 1. The molecule has 0 aliphatic heterocycles. The van der Waals surface area contributed by atoms with E-state index in [1.165, 1.54) is 18.2 Å².